The summed E-state index contributed by atoms with van der Waals surface area (Å²) in [5.74, 6) is -1.05. The third-order valence-corrected chi connectivity index (χ3v) is 8.89. The molecule has 0 aliphatic carbocycles. The molecule has 11 nitrogen and oxygen atoms in total. The van der Waals surface area contributed by atoms with E-state index in [2.05, 4.69) is 27.0 Å². The monoisotopic (exact) mass is 698 g/mol. The quantitative estimate of drug-likeness (QED) is 0.154. The zero-order valence-electron chi connectivity index (χ0n) is 29.3. The van der Waals surface area contributed by atoms with E-state index in [0.29, 0.717) is 35.5 Å². The molecule has 50 heavy (non-hydrogen) atoms. The minimum Gasteiger partial charge on any atom is -0.490 e. The number of anilines is 1. The van der Waals surface area contributed by atoms with Crippen molar-refractivity contribution in [2.45, 2.75) is 72.6 Å². The number of carbonyl (C=O) groups excluding carboxylic acids is 4. The van der Waals surface area contributed by atoms with Crippen LogP contribution in [0.1, 0.15) is 89.1 Å². The van der Waals surface area contributed by atoms with Crippen LogP contribution in [0.5, 0.6) is 5.75 Å². The van der Waals surface area contributed by atoms with Gasteiger partial charge in [0.1, 0.15) is 23.1 Å². The zero-order chi connectivity index (χ0) is 36.2. The Balaban J connectivity index is 1.56. The predicted octanol–water partition coefficient (Wildman–Crippen LogP) is 7.31. The number of aryl methyl sites for hydroxylation is 1. The Labute approximate surface area is 295 Å². The minimum atomic E-state index is -0.757. The lowest BCUT2D eigenvalue weighted by molar-refractivity contribution is 0.0522. The van der Waals surface area contributed by atoms with Gasteiger partial charge < -0.3 is 30.2 Å². The number of thiophene rings is 1. The summed E-state index contributed by atoms with van der Waals surface area (Å²) in [7, 11) is 1.24. The number of carbonyl (C=O) groups is 4. The molecule has 262 valence electrons. The van der Waals surface area contributed by atoms with Gasteiger partial charge in [0.15, 0.2) is 5.69 Å². The number of alkyl carbamates (subject to hydrolysis) is 1. The van der Waals surface area contributed by atoms with Gasteiger partial charge in [-0.1, -0.05) is 19.1 Å². The van der Waals surface area contributed by atoms with Crippen LogP contribution < -0.4 is 20.7 Å². The highest BCUT2D eigenvalue weighted by Gasteiger charge is 2.28. The number of hydrogen-bond acceptors (Lipinski definition) is 9. The Morgan fingerprint density at radius 1 is 0.980 bits per heavy atom. The summed E-state index contributed by atoms with van der Waals surface area (Å²) in [6.07, 6.45) is 0.753. The molecule has 0 spiro atoms. The van der Waals surface area contributed by atoms with Gasteiger partial charge in [-0.25, -0.2) is 14.6 Å². The number of fused-ring (bicyclic) bond motifs is 3. The smallest absolute Gasteiger partial charge is 0.407 e. The highest BCUT2D eigenvalue weighted by atomic mass is 32.1. The average molecular weight is 699 g/mol. The summed E-state index contributed by atoms with van der Waals surface area (Å²) in [5.41, 5.74) is 4.33. The maximum Gasteiger partial charge on any atom is 0.407 e. The molecule has 1 aliphatic heterocycles. The van der Waals surface area contributed by atoms with Gasteiger partial charge in [-0.15, -0.1) is 11.3 Å². The molecule has 1 atom stereocenters. The third kappa shape index (κ3) is 8.31. The van der Waals surface area contributed by atoms with Crippen LogP contribution in [-0.4, -0.2) is 54.2 Å². The number of pyridine rings is 1. The fourth-order valence-electron chi connectivity index (χ4n) is 5.60. The van der Waals surface area contributed by atoms with Crippen LogP contribution in [0.2, 0.25) is 0 Å². The normalized spacial score (nSPS) is 13.5. The molecule has 3 N–H and O–H groups in total. The molecule has 0 saturated carbocycles. The maximum absolute atomic E-state index is 14.3. The molecular weight excluding hydrogens is 657 g/mol. The highest BCUT2D eigenvalue weighted by Crippen LogP contribution is 2.44. The number of aromatic nitrogens is 1. The highest BCUT2D eigenvalue weighted by molar-refractivity contribution is 7.13. The van der Waals surface area contributed by atoms with Crippen molar-refractivity contribution < 1.29 is 33.4 Å². The summed E-state index contributed by atoms with van der Waals surface area (Å²) >= 11 is 1.56. The predicted molar refractivity (Wildman–Crippen MR) is 193 cm³/mol. The van der Waals surface area contributed by atoms with Gasteiger partial charge in [-0.2, -0.15) is 0 Å². The largest absolute Gasteiger partial charge is 0.490 e. The maximum atomic E-state index is 14.3. The number of benzene rings is 2. The van der Waals surface area contributed by atoms with E-state index in [-0.39, 0.29) is 29.6 Å². The average Bonchev–Trinajstić information content (AvgIpc) is 3.48. The number of hydrogen-bond donors (Lipinski definition) is 3. The summed E-state index contributed by atoms with van der Waals surface area (Å²) in [5, 5.41) is 10.6. The molecular formula is C38H42N4O7S. The van der Waals surface area contributed by atoms with Crippen molar-refractivity contribution >= 4 is 40.9 Å². The van der Waals surface area contributed by atoms with E-state index in [4.69, 9.17) is 14.2 Å². The summed E-state index contributed by atoms with van der Waals surface area (Å²) in [4.78, 5) is 57.8. The number of esters is 1. The number of nitrogens with one attached hydrogen (secondary N) is 3. The Morgan fingerprint density at radius 3 is 2.46 bits per heavy atom. The van der Waals surface area contributed by atoms with Crippen molar-refractivity contribution in [1.29, 1.82) is 0 Å². The van der Waals surface area contributed by atoms with Crippen LogP contribution in [0.4, 0.5) is 10.5 Å². The topological polar surface area (TPSA) is 145 Å². The number of amides is 3. The summed E-state index contributed by atoms with van der Waals surface area (Å²) in [6.45, 7) is 11.9. The van der Waals surface area contributed by atoms with E-state index in [0.717, 1.165) is 33.6 Å². The lowest BCUT2D eigenvalue weighted by Gasteiger charge is -2.20. The van der Waals surface area contributed by atoms with Crippen molar-refractivity contribution in [2.24, 2.45) is 0 Å². The molecule has 0 bridgehead atoms. The van der Waals surface area contributed by atoms with Crippen molar-refractivity contribution in [2.75, 3.05) is 19.0 Å². The van der Waals surface area contributed by atoms with Crippen LogP contribution >= 0.6 is 11.3 Å². The fourth-order valence-corrected chi connectivity index (χ4v) is 6.56. The van der Waals surface area contributed by atoms with Gasteiger partial charge in [-0.05, 0) is 99.5 Å². The van der Waals surface area contributed by atoms with E-state index >= 15 is 0 Å². The van der Waals surface area contributed by atoms with E-state index < -0.39 is 29.5 Å². The molecule has 1 aliphatic rings. The fraction of sp³-hybridized carbons (Fsp3) is 0.342. The zero-order valence-corrected chi connectivity index (χ0v) is 30.1. The first-order valence-electron chi connectivity index (χ1n) is 16.4. The van der Waals surface area contributed by atoms with E-state index in [9.17, 15) is 19.2 Å². The molecule has 2 aromatic heterocycles. The van der Waals surface area contributed by atoms with Crippen molar-refractivity contribution in [3.63, 3.8) is 0 Å². The van der Waals surface area contributed by atoms with Crippen LogP contribution in [0.15, 0.2) is 53.9 Å². The molecule has 12 heteroatoms. The SMILES string of the molecule is CCCNC(=O)c1ccc(-c2cc3c(cc2C(=O)Nc2ccc(CNC(=O)OC(C)(C)C)cc2C)-c2sccc2C[C@@H](C)O3)c(C(=O)OC)n1. The van der Waals surface area contributed by atoms with Gasteiger partial charge in [-0.3, -0.25) is 9.59 Å². The standard InChI is InChI=1S/C38H42N4O7S/c1-8-14-39-35(44)30-12-10-25(32(41-30)36(45)47-7)26-19-31-28(33-24(13-15-50-33)17-22(3)48-31)18-27(26)34(43)42-29-11-9-23(16-21(29)2)20-40-37(46)49-38(4,5)6/h9-13,15-16,18-19,22H,8,14,17,20H2,1-7H3,(H,39,44)(H,40,46)(H,42,43)/t22-/m1/s1. The molecule has 4 aromatic rings. The van der Waals surface area contributed by atoms with Gasteiger partial charge >= 0.3 is 12.1 Å². The molecule has 3 amide bonds. The van der Waals surface area contributed by atoms with Crippen LogP contribution in [0, 0.1) is 6.92 Å². The van der Waals surface area contributed by atoms with E-state index in [1.165, 1.54) is 13.2 Å². The second kappa shape index (κ2) is 15.1. The molecule has 3 heterocycles. The van der Waals surface area contributed by atoms with E-state index in [1.807, 2.05) is 38.3 Å². The first-order chi connectivity index (χ1) is 23.8. The van der Waals surface area contributed by atoms with Gasteiger partial charge in [0.25, 0.3) is 11.8 Å². The molecule has 0 radical (unpaired) electrons. The first-order valence-corrected chi connectivity index (χ1v) is 17.3. The molecule has 0 unspecified atom stereocenters. The second-order valence-electron chi connectivity index (χ2n) is 13.1. The van der Waals surface area contributed by atoms with Crippen LogP contribution in [0.25, 0.3) is 21.6 Å². The molecule has 5 rings (SSSR count). The number of ether oxygens (including phenoxy) is 3. The summed E-state index contributed by atoms with van der Waals surface area (Å²) < 4.78 is 16.8. The van der Waals surface area contributed by atoms with Gasteiger partial charge in [0.05, 0.1) is 7.11 Å². The van der Waals surface area contributed by atoms with Crippen LogP contribution in [-0.2, 0) is 22.4 Å². The Bertz CT molecular complexity index is 1950. The molecule has 2 aromatic carbocycles. The Morgan fingerprint density at radius 2 is 1.76 bits per heavy atom. The minimum absolute atomic E-state index is 0.0494. The van der Waals surface area contributed by atoms with Crippen molar-refractivity contribution in [3.05, 3.63) is 87.6 Å². The van der Waals surface area contributed by atoms with E-state index in [1.54, 1.807) is 56.4 Å². The second-order valence-corrected chi connectivity index (χ2v) is 14.0. The van der Waals surface area contributed by atoms with Crippen molar-refractivity contribution in [3.8, 4) is 27.3 Å². The first kappa shape index (κ1) is 36.1. The molecule has 0 saturated heterocycles. The summed E-state index contributed by atoms with van der Waals surface area (Å²) in [6, 6.07) is 14.2. The lowest BCUT2D eigenvalue weighted by Crippen LogP contribution is -2.32. The van der Waals surface area contributed by atoms with Crippen LogP contribution in [0.3, 0.4) is 0 Å². The van der Waals surface area contributed by atoms with Gasteiger partial charge in [0, 0.05) is 52.3 Å². The number of nitrogens with zero attached hydrogens (tertiary/aromatic N) is 1. The lowest BCUT2D eigenvalue weighted by atomic mass is 9.93. The third-order valence-electron chi connectivity index (χ3n) is 7.90. The Kier molecular flexibility index (Phi) is 10.9. The van der Waals surface area contributed by atoms with Gasteiger partial charge in [0.2, 0.25) is 0 Å². The number of methoxy groups -OCH3 is 1. The number of rotatable bonds is 9. The molecule has 0 fully saturated rings. The van der Waals surface area contributed by atoms with Crippen molar-refractivity contribution in [1.82, 2.24) is 15.6 Å². The Hall–Kier alpha value is -5.23.